The number of benzene rings is 2. The van der Waals surface area contributed by atoms with Crippen molar-refractivity contribution in [2.24, 2.45) is 0 Å². The molecule has 0 saturated carbocycles. The smallest absolute Gasteiger partial charge is 0.324 e. The van der Waals surface area contributed by atoms with Crippen molar-refractivity contribution in [3.8, 4) is 0 Å². The summed E-state index contributed by atoms with van der Waals surface area (Å²) in [6.07, 6.45) is 3.49. The lowest BCUT2D eigenvalue weighted by Crippen LogP contribution is -2.43. The number of imide groups is 1. The second kappa shape index (κ2) is 13.0. The van der Waals surface area contributed by atoms with Crippen LogP contribution in [0.3, 0.4) is 0 Å². The van der Waals surface area contributed by atoms with Crippen LogP contribution in [0.2, 0.25) is 0 Å². The Morgan fingerprint density at radius 1 is 1.06 bits per heavy atom. The third kappa shape index (κ3) is 8.71. The number of rotatable bonds is 10. The second-order valence-corrected chi connectivity index (χ2v) is 7.37. The van der Waals surface area contributed by atoms with Gasteiger partial charge in [0.2, 0.25) is 0 Å². The van der Waals surface area contributed by atoms with Gasteiger partial charge in [-0.15, -0.1) is 0 Å². The fourth-order valence-electron chi connectivity index (χ4n) is 2.83. The van der Waals surface area contributed by atoms with Gasteiger partial charge in [-0.05, 0) is 49.6 Å². The summed E-state index contributed by atoms with van der Waals surface area (Å²) in [5.74, 6) is -1.08. The van der Waals surface area contributed by atoms with E-state index in [1.54, 1.807) is 53.4 Å². The van der Waals surface area contributed by atoms with E-state index >= 15 is 0 Å². The molecule has 0 bridgehead atoms. The van der Waals surface area contributed by atoms with Crippen molar-refractivity contribution >= 4 is 23.9 Å². The van der Waals surface area contributed by atoms with E-state index in [0.29, 0.717) is 31.7 Å². The van der Waals surface area contributed by atoms with E-state index in [1.807, 2.05) is 26.0 Å². The molecule has 0 radical (unpaired) electrons. The molecule has 0 atom stereocenters. The molecule has 0 aliphatic carbocycles. The lowest BCUT2D eigenvalue weighted by Gasteiger charge is -2.23. The van der Waals surface area contributed by atoms with Crippen LogP contribution in [0.5, 0.6) is 0 Å². The number of hydroxylamine groups is 1. The average molecular weight is 440 g/mol. The van der Waals surface area contributed by atoms with Crippen molar-refractivity contribution in [3.63, 3.8) is 0 Å². The molecule has 0 aromatic heterocycles. The Morgan fingerprint density at radius 2 is 1.75 bits per heavy atom. The molecule has 0 fully saturated rings. The zero-order valence-electron chi connectivity index (χ0n) is 18.3. The first kappa shape index (κ1) is 24.8. The summed E-state index contributed by atoms with van der Waals surface area (Å²) in [5, 5.41) is 11.0. The largest absolute Gasteiger partial charge is 0.379 e. The van der Waals surface area contributed by atoms with E-state index in [-0.39, 0.29) is 6.10 Å². The molecule has 8 nitrogen and oxygen atoms in total. The molecule has 0 spiro atoms. The zero-order valence-corrected chi connectivity index (χ0v) is 18.3. The van der Waals surface area contributed by atoms with Crippen molar-refractivity contribution in [3.05, 3.63) is 77.4 Å². The van der Waals surface area contributed by atoms with E-state index in [9.17, 15) is 14.4 Å². The number of carbonyl (C=O) groups is 3. The fourth-order valence-corrected chi connectivity index (χ4v) is 2.83. The highest BCUT2D eigenvalue weighted by atomic mass is 16.5. The van der Waals surface area contributed by atoms with Gasteiger partial charge in [0.15, 0.2) is 0 Å². The Kier molecular flexibility index (Phi) is 10.1. The van der Waals surface area contributed by atoms with Crippen LogP contribution >= 0.6 is 0 Å². The lowest BCUT2D eigenvalue weighted by molar-refractivity contribution is -0.124. The summed E-state index contributed by atoms with van der Waals surface area (Å²) in [4.78, 5) is 37.9. The molecule has 170 valence electrons. The zero-order chi connectivity index (χ0) is 23.3. The third-order valence-electron chi connectivity index (χ3n) is 4.46. The van der Waals surface area contributed by atoms with Gasteiger partial charge in [0.25, 0.3) is 11.8 Å². The van der Waals surface area contributed by atoms with E-state index in [2.05, 4.69) is 5.32 Å². The van der Waals surface area contributed by atoms with Crippen molar-refractivity contribution < 1.29 is 24.3 Å². The number of carbonyl (C=O) groups excluding carboxylic acids is 3. The van der Waals surface area contributed by atoms with Gasteiger partial charge in [-0.2, -0.15) is 0 Å². The maximum absolute atomic E-state index is 12.8. The summed E-state index contributed by atoms with van der Waals surface area (Å²) in [6.45, 7) is 5.12. The SMILES string of the molecule is CC(C)OCCCN(Cc1ccc(C=CC(=O)NO)cc1)C(=O)NC(=O)c1ccccc1. The molecule has 2 aromatic carbocycles. The molecule has 0 heterocycles. The monoisotopic (exact) mass is 439 g/mol. The van der Waals surface area contributed by atoms with Gasteiger partial charge in [0.05, 0.1) is 6.10 Å². The Balaban J connectivity index is 2.05. The van der Waals surface area contributed by atoms with Crippen LogP contribution in [0.25, 0.3) is 6.08 Å². The number of hydrogen-bond acceptors (Lipinski definition) is 5. The number of urea groups is 1. The third-order valence-corrected chi connectivity index (χ3v) is 4.46. The fraction of sp³-hybridized carbons (Fsp3) is 0.292. The number of hydrogen-bond donors (Lipinski definition) is 3. The van der Waals surface area contributed by atoms with Crippen LogP contribution in [-0.4, -0.2) is 47.2 Å². The molecule has 2 aromatic rings. The van der Waals surface area contributed by atoms with Crippen LogP contribution in [-0.2, 0) is 16.1 Å². The maximum atomic E-state index is 12.8. The molecule has 0 aliphatic heterocycles. The van der Waals surface area contributed by atoms with Gasteiger partial charge in [0.1, 0.15) is 0 Å². The van der Waals surface area contributed by atoms with Crippen molar-refractivity contribution in [2.75, 3.05) is 13.2 Å². The maximum Gasteiger partial charge on any atom is 0.324 e. The first-order valence-corrected chi connectivity index (χ1v) is 10.4. The molecule has 3 N–H and O–H groups in total. The van der Waals surface area contributed by atoms with E-state index < -0.39 is 17.8 Å². The first-order valence-electron chi connectivity index (χ1n) is 10.4. The second-order valence-electron chi connectivity index (χ2n) is 7.37. The van der Waals surface area contributed by atoms with Crippen LogP contribution < -0.4 is 10.8 Å². The molecule has 8 heteroatoms. The molecule has 4 amide bonds. The van der Waals surface area contributed by atoms with Gasteiger partial charge in [-0.3, -0.25) is 20.1 Å². The minimum Gasteiger partial charge on any atom is -0.379 e. The minimum absolute atomic E-state index is 0.102. The summed E-state index contributed by atoms with van der Waals surface area (Å²) in [5.41, 5.74) is 3.56. The Morgan fingerprint density at radius 3 is 2.38 bits per heavy atom. The first-order chi connectivity index (χ1) is 15.4. The quantitative estimate of drug-likeness (QED) is 0.228. The van der Waals surface area contributed by atoms with Crippen LogP contribution in [0, 0.1) is 0 Å². The molecule has 0 saturated heterocycles. The van der Waals surface area contributed by atoms with Crippen LogP contribution in [0.1, 0.15) is 41.8 Å². The molecule has 2 rings (SSSR count). The standard InChI is InChI=1S/C24H29N3O5/c1-18(2)32-16-6-15-27(24(30)25-23(29)21-7-4-3-5-8-21)17-20-11-9-19(10-12-20)13-14-22(28)26-31/h3-5,7-14,18,31H,6,15-17H2,1-2H3,(H,26,28)(H,25,29,30). The number of ether oxygens (including phenoxy) is 1. The predicted molar refractivity (Wildman–Crippen MR) is 121 cm³/mol. The Labute approximate surface area is 187 Å². The average Bonchev–Trinajstić information content (AvgIpc) is 2.80. The molecule has 32 heavy (non-hydrogen) atoms. The normalized spacial score (nSPS) is 10.9. The topological polar surface area (TPSA) is 108 Å². The Bertz CT molecular complexity index is 911. The number of nitrogens with one attached hydrogen (secondary N) is 2. The van der Waals surface area contributed by atoms with Gasteiger partial charge < -0.3 is 9.64 Å². The summed E-state index contributed by atoms with van der Waals surface area (Å²) in [6, 6.07) is 15.3. The molecular weight excluding hydrogens is 410 g/mol. The highest BCUT2D eigenvalue weighted by Gasteiger charge is 2.17. The highest BCUT2D eigenvalue weighted by molar-refractivity contribution is 6.04. The number of amides is 4. The summed E-state index contributed by atoms with van der Waals surface area (Å²) >= 11 is 0. The summed E-state index contributed by atoms with van der Waals surface area (Å²) in [7, 11) is 0. The van der Waals surface area contributed by atoms with Crippen LogP contribution in [0.15, 0.2) is 60.7 Å². The van der Waals surface area contributed by atoms with Crippen molar-refractivity contribution in [1.82, 2.24) is 15.7 Å². The van der Waals surface area contributed by atoms with E-state index in [1.165, 1.54) is 11.6 Å². The Hall–Kier alpha value is -3.49. The molecular formula is C24H29N3O5. The van der Waals surface area contributed by atoms with E-state index in [4.69, 9.17) is 9.94 Å². The van der Waals surface area contributed by atoms with Crippen molar-refractivity contribution in [2.45, 2.75) is 32.9 Å². The van der Waals surface area contributed by atoms with E-state index in [0.717, 1.165) is 11.1 Å². The minimum atomic E-state index is -0.622. The lowest BCUT2D eigenvalue weighted by atomic mass is 10.1. The highest BCUT2D eigenvalue weighted by Crippen LogP contribution is 2.11. The summed E-state index contributed by atoms with van der Waals surface area (Å²) < 4.78 is 5.56. The van der Waals surface area contributed by atoms with Gasteiger partial charge in [0, 0.05) is 31.3 Å². The van der Waals surface area contributed by atoms with Gasteiger partial charge in [-0.25, -0.2) is 10.3 Å². The predicted octanol–water partition coefficient (Wildman–Crippen LogP) is 3.37. The molecule has 0 aliphatic rings. The van der Waals surface area contributed by atoms with Crippen molar-refractivity contribution in [1.29, 1.82) is 0 Å². The number of nitrogens with zero attached hydrogens (tertiary/aromatic N) is 1. The van der Waals surface area contributed by atoms with Gasteiger partial charge in [-0.1, -0.05) is 42.5 Å². The molecule has 0 unspecified atom stereocenters. The van der Waals surface area contributed by atoms with Gasteiger partial charge >= 0.3 is 6.03 Å². The van der Waals surface area contributed by atoms with Crippen LogP contribution in [0.4, 0.5) is 4.79 Å².